The highest BCUT2D eigenvalue weighted by Crippen LogP contribution is 2.31. The summed E-state index contributed by atoms with van der Waals surface area (Å²) in [6, 6.07) is 0. The van der Waals surface area contributed by atoms with Crippen LogP contribution in [-0.4, -0.2) is 11.4 Å². The van der Waals surface area contributed by atoms with Crippen molar-refractivity contribution in [2.24, 2.45) is 17.8 Å². The summed E-state index contributed by atoms with van der Waals surface area (Å²) < 4.78 is 0. The maximum Gasteiger partial charge on any atom is 0.223 e. The number of nitrogens with one attached hydrogen (secondary N) is 1. The van der Waals surface area contributed by atoms with Crippen molar-refractivity contribution in [2.75, 3.05) is 0 Å². The van der Waals surface area contributed by atoms with E-state index in [0.717, 1.165) is 12.3 Å². The van der Waals surface area contributed by atoms with E-state index in [-0.39, 0.29) is 17.4 Å². The van der Waals surface area contributed by atoms with Gasteiger partial charge in [0.1, 0.15) is 0 Å². The minimum Gasteiger partial charge on any atom is -0.351 e. The van der Waals surface area contributed by atoms with Crippen LogP contribution in [-0.2, 0) is 4.79 Å². The molecule has 0 spiro atoms. The summed E-state index contributed by atoms with van der Waals surface area (Å²) in [6.45, 7) is 10.5. The molecule has 1 amide bonds. The molecule has 2 nitrogen and oxygen atoms in total. The van der Waals surface area contributed by atoms with E-state index < -0.39 is 0 Å². The van der Waals surface area contributed by atoms with Gasteiger partial charge >= 0.3 is 0 Å². The molecular weight excluding hydrogens is 222 g/mol. The van der Waals surface area contributed by atoms with E-state index in [2.05, 4.69) is 39.9 Å². The number of hydrogen-bond acceptors (Lipinski definition) is 1. The Morgan fingerprint density at radius 2 is 1.78 bits per heavy atom. The van der Waals surface area contributed by atoms with Crippen molar-refractivity contribution in [1.82, 2.24) is 5.32 Å². The molecular formula is C16H31NO. The van der Waals surface area contributed by atoms with Gasteiger partial charge in [-0.2, -0.15) is 0 Å². The highest BCUT2D eigenvalue weighted by molar-refractivity contribution is 5.79. The normalized spacial score (nSPS) is 19.2. The fourth-order valence-corrected chi connectivity index (χ4v) is 2.94. The standard InChI is InChI=1S/C16H31NO/c1-12(2)14(15(18)17-16(3,4)5)11-10-13-8-6-7-9-13/h12-14H,6-11H2,1-5H3,(H,17,18). The zero-order valence-corrected chi connectivity index (χ0v) is 12.9. The van der Waals surface area contributed by atoms with Gasteiger partial charge in [0, 0.05) is 11.5 Å². The van der Waals surface area contributed by atoms with Crippen LogP contribution in [0.15, 0.2) is 0 Å². The summed E-state index contributed by atoms with van der Waals surface area (Å²) >= 11 is 0. The van der Waals surface area contributed by atoms with Crippen molar-refractivity contribution in [2.45, 2.75) is 78.7 Å². The minimum absolute atomic E-state index is 0.114. The summed E-state index contributed by atoms with van der Waals surface area (Å²) in [4.78, 5) is 12.3. The lowest BCUT2D eigenvalue weighted by Gasteiger charge is -2.27. The molecule has 1 aliphatic rings. The molecule has 0 saturated heterocycles. The summed E-state index contributed by atoms with van der Waals surface area (Å²) in [5, 5.41) is 3.14. The van der Waals surface area contributed by atoms with Crippen molar-refractivity contribution in [3.63, 3.8) is 0 Å². The van der Waals surface area contributed by atoms with Gasteiger partial charge in [-0.1, -0.05) is 39.5 Å². The Hall–Kier alpha value is -0.530. The van der Waals surface area contributed by atoms with Crippen LogP contribution in [0.3, 0.4) is 0 Å². The SMILES string of the molecule is CC(C)C(CCC1CCCC1)C(=O)NC(C)(C)C. The number of carbonyl (C=O) groups excluding carboxylic acids is 1. The van der Waals surface area contributed by atoms with E-state index in [1.807, 2.05) is 0 Å². The van der Waals surface area contributed by atoms with Gasteiger partial charge in [-0.3, -0.25) is 4.79 Å². The Labute approximate surface area is 113 Å². The second-order valence-electron chi connectivity index (χ2n) is 7.32. The molecule has 1 aliphatic carbocycles. The summed E-state index contributed by atoms with van der Waals surface area (Å²) in [7, 11) is 0. The van der Waals surface area contributed by atoms with Gasteiger partial charge in [0.05, 0.1) is 0 Å². The molecule has 1 unspecified atom stereocenters. The van der Waals surface area contributed by atoms with Crippen molar-refractivity contribution < 1.29 is 4.79 Å². The Morgan fingerprint density at radius 3 is 2.22 bits per heavy atom. The quantitative estimate of drug-likeness (QED) is 0.783. The molecule has 0 aromatic carbocycles. The summed E-state index contributed by atoms with van der Waals surface area (Å²) in [6.07, 6.45) is 7.85. The molecule has 0 radical (unpaired) electrons. The first-order valence-corrected chi connectivity index (χ1v) is 7.61. The average Bonchev–Trinajstić information content (AvgIpc) is 2.67. The predicted molar refractivity (Wildman–Crippen MR) is 77.4 cm³/mol. The molecule has 0 aliphatic heterocycles. The second-order valence-corrected chi connectivity index (χ2v) is 7.32. The largest absolute Gasteiger partial charge is 0.351 e. The summed E-state index contributed by atoms with van der Waals surface area (Å²) in [5.41, 5.74) is -0.114. The van der Waals surface area contributed by atoms with Crippen molar-refractivity contribution in [3.8, 4) is 0 Å². The number of rotatable bonds is 5. The van der Waals surface area contributed by atoms with Crippen molar-refractivity contribution in [3.05, 3.63) is 0 Å². The number of carbonyl (C=O) groups is 1. The first kappa shape index (κ1) is 15.5. The third kappa shape index (κ3) is 5.41. The van der Waals surface area contributed by atoms with E-state index in [0.29, 0.717) is 5.92 Å². The van der Waals surface area contributed by atoms with E-state index in [1.165, 1.54) is 32.1 Å². The zero-order valence-electron chi connectivity index (χ0n) is 12.9. The Balaban J connectivity index is 2.45. The molecule has 0 bridgehead atoms. The molecule has 1 fully saturated rings. The van der Waals surface area contributed by atoms with Crippen LogP contribution in [0.1, 0.15) is 73.1 Å². The first-order chi connectivity index (χ1) is 8.29. The molecule has 0 aromatic rings. The molecule has 1 N–H and O–H groups in total. The van der Waals surface area contributed by atoms with E-state index in [1.54, 1.807) is 0 Å². The Kier molecular flexibility index (Phi) is 5.68. The third-order valence-corrected chi connectivity index (χ3v) is 4.00. The topological polar surface area (TPSA) is 29.1 Å². The maximum atomic E-state index is 12.3. The fourth-order valence-electron chi connectivity index (χ4n) is 2.94. The Bertz CT molecular complexity index is 259. The van der Waals surface area contributed by atoms with E-state index >= 15 is 0 Å². The van der Waals surface area contributed by atoms with Gasteiger partial charge in [0.25, 0.3) is 0 Å². The van der Waals surface area contributed by atoms with E-state index in [9.17, 15) is 4.79 Å². The zero-order chi connectivity index (χ0) is 13.8. The number of amides is 1. The van der Waals surface area contributed by atoms with Gasteiger partial charge in [-0.15, -0.1) is 0 Å². The molecule has 106 valence electrons. The lowest BCUT2D eigenvalue weighted by atomic mass is 9.86. The van der Waals surface area contributed by atoms with Crippen LogP contribution in [0.4, 0.5) is 0 Å². The van der Waals surface area contributed by atoms with E-state index in [4.69, 9.17) is 0 Å². The van der Waals surface area contributed by atoms with Gasteiger partial charge in [-0.25, -0.2) is 0 Å². The van der Waals surface area contributed by atoms with Gasteiger partial charge in [0.2, 0.25) is 5.91 Å². The predicted octanol–water partition coefficient (Wildman–Crippen LogP) is 4.14. The van der Waals surface area contributed by atoms with Crippen LogP contribution in [0, 0.1) is 17.8 Å². The van der Waals surface area contributed by atoms with Crippen LogP contribution in [0.2, 0.25) is 0 Å². The van der Waals surface area contributed by atoms with Crippen LogP contribution in [0.5, 0.6) is 0 Å². The molecule has 1 saturated carbocycles. The highest BCUT2D eigenvalue weighted by Gasteiger charge is 2.26. The lowest BCUT2D eigenvalue weighted by Crippen LogP contribution is -2.45. The fraction of sp³-hybridized carbons (Fsp3) is 0.938. The monoisotopic (exact) mass is 253 g/mol. The second kappa shape index (κ2) is 6.58. The van der Waals surface area contributed by atoms with Crippen molar-refractivity contribution >= 4 is 5.91 Å². The summed E-state index contributed by atoms with van der Waals surface area (Å²) in [5.74, 6) is 1.75. The van der Waals surface area contributed by atoms with Crippen molar-refractivity contribution in [1.29, 1.82) is 0 Å². The molecule has 1 rings (SSSR count). The molecule has 0 aromatic heterocycles. The smallest absolute Gasteiger partial charge is 0.223 e. The molecule has 2 heteroatoms. The Morgan fingerprint density at radius 1 is 1.22 bits per heavy atom. The lowest BCUT2D eigenvalue weighted by molar-refractivity contribution is -0.128. The first-order valence-electron chi connectivity index (χ1n) is 7.61. The molecule has 0 heterocycles. The van der Waals surface area contributed by atoms with Crippen LogP contribution < -0.4 is 5.32 Å². The molecule has 18 heavy (non-hydrogen) atoms. The highest BCUT2D eigenvalue weighted by atomic mass is 16.2. The third-order valence-electron chi connectivity index (χ3n) is 4.00. The van der Waals surface area contributed by atoms with Crippen LogP contribution >= 0.6 is 0 Å². The minimum atomic E-state index is -0.114. The molecule has 1 atom stereocenters. The maximum absolute atomic E-state index is 12.3. The van der Waals surface area contributed by atoms with Gasteiger partial charge < -0.3 is 5.32 Å². The average molecular weight is 253 g/mol. The van der Waals surface area contributed by atoms with Crippen LogP contribution in [0.25, 0.3) is 0 Å². The van der Waals surface area contributed by atoms with Gasteiger partial charge in [0.15, 0.2) is 0 Å². The van der Waals surface area contributed by atoms with Gasteiger partial charge in [-0.05, 0) is 45.4 Å². The number of hydrogen-bond donors (Lipinski definition) is 1.